The first-order chi connectivity index (χ1) is 6.70. The number of hydrogen-bond acceptors (Lipinski definition) is 2. The summed E-state index contributed by atoms with van der Waals surface area (Å²) in [5.74, 6) is -0.0161. The van der Waals surface area contributed by atoms with Crippen LogP contribution in [0.2, 0.25) is 0 Å². The summed E-state index contributed by atoms with van der Waals surface area (Å²) in [5, 5.41) is 2.69. The van der Waals surface area contributed by atoms with Gasteiger partial charge in [0.05, 0.1) is 0 Å². The van der Waals surface area contributed by atoms with E-state index in [2.05, 4.69) is 10.3 Å². The van der Waals surface area contributed by atoms with Gasteiger partial charge in [0.25, 0.3) is 0 Å². The highest BCUT2D eigenvalue weighted by Gasteiger charge is 1.91. The van der Waals surface area contributed by atoms with E-state index < -0.39 is 0 Å². The van der Waals surface area contributed by atoms with Crippen LogP contribution < -0.4 is 5.32 Å². The van der Waals surface area contributed by atoms with Crippen molar-refractivity contribution in [2.45, 2.75) is 13.8 Å². The van der Waals surface area contributed by atoms with Crippen LogP contribution in [0.4, 0.5) is 0 Å². The van der Waals surface area contributed by atoms with Gasteiger partial charge in [-0.25, -0.2) is 0 Å². The first-order valence-electron chi connectivity index (χ1n) is 4.52. The molecule has 3 nitrogen and oxygen atoms in total. The van der Waals surface area contributed by atoms with Crippen LogP contribution in [0.1, 0.15) is 18.1 Å². The van der Waals surface area contributed by atoms with E-state index in [-0.39, 0.29) is 5.91 Å². The number of carbonyl (C=O) groups excluding carboxylic acids is 1. The largest absolute Gasteiger partial charge is 0.353 e. The number of nitrogens with zero attached hydrogens (tertiary/aromatic N) is 1. The lowest BCUT2D eigenvalue weighted by molar-refractivity contribution is -0.118. The molecule has 0 fully saturated rings. The van der Waals surface area contributed by atoms with Gasteiger partial charge in [0.2, 0.25) is 5.91 Å². The average Bonchev–Trinajstić information content (AvgIpc) is 2.15. The Morgan fingerprint density at radius 1 is 1.64 bits per heavy atom. The van der Waals surface area contributed by atoms with Crippen molar-refractivity contribution >= 4 is 12.0 Å². The van der Waals surface area contributed by atoms with Crippen molar-refractivity contribution < 1.29 is 4.79 Å². The molecule has 14 heavy (non-hydrogen) atoms. The summed E-state index contributed by atoms with van der Waals surface area (Å²) in [6.45, 7) is 4.09. The predicted octanol–water partition coefficient (Wildman–Crippen LogP) is 1.54. The van der Waals surface area contributed by atoms with Crippen molar-refractivity contribution in [3.63, 3.8) is 0 Å². The fraction of sp³-hybridized carbons (Fsp3) is 0.273. The maximum atomic E-state index is 10.6. The molecule has 0 aliphatic carbocycles. The van der Waals surface area contributed by atoms with E-state index in [0.717, 1.165) is 5.56 Å². The molecule has 0 saturated heterocycles. The van der Waals surface area contributed by atoms with E-state index in [4.69, 9.17) is 0 Å². The Kier molecular flexibility index (Phi) is 3.85. The molecule has 1 aromatic heterocycles. The molecule has 1 heterocycles. The molecule has 0 aliphatic rings. The second kappa shape index (κ2) is 5.17. The highest BCUT2D eigenvalue weighted by molar-refractivity contribution is 5.73. The molecular weight excluding hydrogens is 176 g/mol. The Morgan fingerprint density at radius 3 is 3.07 bits per heavy atom. The first-order valence-corrected chi connectivity index (χ1v) is 4.52. The fourth-order valence-electron chi connectivity index (χ4n) is 1.04. The number of pyridine rings is 1. The van der Waals surface area contributed by atoms with Gasteiger partial charge in [0.1, 0.15) is 0 Å². The lowest BCUT2D eigenvalue weighted by Gasteiger charge is -1.98. The predicted molar refractivity (Wildman–Crippen MR) is 56.7 cm³/mol. The Labute approximate surface area is 83.9 Å². The number of amides is 1. The van der Waals surface area contributed by atoms with Crippen molar-refractivity contribution in [2.75, 3.05) is 6.54 Å². The third-order valence-corrected chi connectivity index (χ3v) is 1.85. The van der Waals surface area contributed by atoms with E-state index >= 15 is 0 Å². The quantitative estimate of drug-likeness (QED) is 0.785. The summed E-state index contributed by atoms with van der Waals surface area (Å²) < 4.78 is 0. The van der Waals surface area contributed by atoms with Gasteiger partial charge in [0.15, 0.2) is 0 Å². The molecule has 0 saturated carbocycles. The van der Waals surface area contributed by atoms with Gasteiger partial charge in [-0.1, -0.05) is 12.2 Å². The molecule has 1 aromatic rings. The Balaban J connectivity index is 2.52. The van der Waals surface area contributed by atoms with Crippen molar-refractivity contribution in [3.05, 3.63) is 35.7 Å². The third kappa shape index (κ3) is 3.39. The van der Waals surface area contributed by atoms with Gasteiger partial charge in [-0.05, 0) is 24.1 Å². The molecule has 0 unspecified atom stereocenters. The fourth-order valence-corrected chi connectivity index (χ4v) is 1.04. The first kappa shape index (κ1) is 10.4. The maximum Gasteiger partial charge on any atom is 0.217 e. The SMILES string of the molecule is CC(=O)NCC=Cc1cnccc1C. The molecule has 1 rings (SSSR count). The van der Waals surface area contributed by atoms with Crippen molar-refractivity contribution in [1.82, 2.24) is 10.3 Å². The number of carbonyl (C=O) groups is 1. The zero-order chi connectivity index (χ0) is 10.4. The van der Waals surface area contributed by atoms with Gasteiger partial charge in [0, 0.05) is 25.9 Å². The van der Waals surface area contributed by atoms with Crippen molar-refractivity contribution in [3.8, 4) is 0 Å². The Bertz CT molecular complexity index is 345. The minimum atomic E-state index is -0.0161. The van der Waals surface area contributed by atoms with E-state index in [9.17, 15) is 4.79 Å². The van der Waals surface area contributed by atoms with Crippen LogP contribution in [0.3, 0.4) is 0 Å². The minimum Gasteiger partial charge on any atom is -0.353 e. The van der Waals surface area contributed by atoms with E-state index in [1.165, 1.54) is 12.5 Å². The number of aromatic nitrogens is 1. The standard InChI is InChI=1S/C11H14N2O/c1-9-5-7-12-8-11(9)4-3-6-13-10(2)14/h3-5,7-8H,6H2,1-2H3,(H,13,14). The van der Waals surface area contributed by atoms with Gasteiger partial charge < -0.3 is 5.32 Å². The van der Waals surface area contributed by atoms with E-state index in [1.807, 2.05) is 25.1 Å². The van der Waals surface area contributed by atoms with Crippen molar-refractivity contribution in [1.29, 1.82) is 0 Å². The summed E-state index contributed by atoms with van der Waals surface area (Å²) in [7, 11) is 0. The van der Waals surface area contributed by atoms with E-state index in [0.29, 0.717) is 6.54 Å². The summed E-state index contributed by atoms with van der Waals surface area (Å²) in [6, 6.07) is 1.96. The van der Waals surface area contributed by atoms with Crippen LogP contribution in [0.25, 0.3) is 6.08 Å². The molecule has 0 aliphatic heterocycles. The summed E-state index contributed by atoms with van der Waals surface area (Å²) >= 11 is 0. The molecule has 1 amide bonds. The second-order valence-electron chi connectivity index (χ2n) is 3.07. The van der Waals surface area contributed by atoms with Crippen LogP contribution in [0.5, 0.6) is 0 Å². The normalized spacial score (nSPS) is 10.4. The average molecular weight is 190 g/mol. The van der Waals surface area contributed by atoms with Crippen LogP contribution >= 0.6 is 0 Å². The van der Waals surface area contributed by atoms with Gasteiger partial charge >= 0.3 is 0 Å². The highest BCUT2D eigenvalue weighted by atomic mass is 16.1. The van der Waals surface area contributed by atoms with Crippen LogP contribution in [0.15, 0.2) is 24.5 Å². The highest BCUT2D eigenvalue weighted by Crippen LogP contribution is 2.06. The van der Waals surface area contributed by atoms with Crippen LogP contribution in [-0.2, 0) is 4.79 Å². The Hall–Kier alpha value is -1.64. The van der Waals surface area contributed by atoms with Gasteiger partial charge in [-0.15, -0.1) is 0 Å². The summed E-state index contributed by atoms with van der Waals surface area (Å²) in [5.41, 5.74) is 2.26. The molecule has 3 heteroatoms. The van der Waals surface area contributed by atoms with Crippen LogP contribution in [0, 0.1) is 6.92 Å². The molecular formula is C11H14N2O. The van der Waals surface area contributed by atoms with Crippen molar-refractivity contribution in [2.24, 2.45) is 0 Å². The molecule has 0 bridgehead atoms. The lowest BCUT2D eigenvalue weighted by atomic mass is 10.1. The molecule has 0 radical (unpaired) electrons. The third-order valence-electron chi connectivity index (χ3n) is 1.85. The number of hydrogen-bond donors (Lipinski definition) is 1. The maximum absolute atomic E-state index is 10.6. The molecule has 0 atom stereocenters. The number of rotatable bonds is 3. The smallest absolute Gasteiger partial charge is 0.217 e. The zero-order valence-electron chi connectivity index (χ0n) is 8.45. The molecule has 0 spiro atoms. The monoisotopic (exact) mass is 190 g/mol. The zero-order valence-corrected chi connectivity index (χ0v) is 8.45. The van der Waals surface area contributed by atoms with Crippen LogP contribution in [-0.4, -0.2) is 17.4 Å². The molecule has 74 valence electrons. The summed E-state index contributed by atoms with van der Waals surface area (Å²) in [6.07, 6.45) is 7.43. The minimum absolute atomic E-state index is 0.0161. The molecule has 1 N–H and O–H groups in total. The number of aryl methyl sites for hydroxylation is 1. The topological polar surface area (TPSA) is 42.0 Å². The molecule has 0 aromatic carbocycles. The Morgan fingerprint density at radius 2 is 2.43 bits per heavy atom. The second-order valence-corrected chi connectivity index (χ2v) is 3.07. The summed E-state index contributed by atoms with van der Waals surface area (Å²) in [4.78, 5) is 14.6. The van der Waals surface area contributed by atoms with E-state index in [1.54, 1.807) is 12.4 Å². The number of nitrogens with one attached hydrogen (secondary N) is 1. The van der Waals surface area contributed by atoms with Gasteiger partial charge in [-0.2, -0.15) is 0 Å². The lowest BCUT2D eigenvalue weighted by Crippen LogP contribution is -2.19. The van der Waals surface area contributed by atoms with Gasteiger partial charge in [-0.3, -0.25) is 9.78 Å².